The molecule has 1 aromatic carbocycles. The third kappa shape index (κ3) is 2.69. The Balaban J connectivity index is 2.22. The molecule has 0 amide bonds. The van der Waals surface area contributed by atoms with Crippen LogP contribution < -0.4 is 5.32 Å². The quantitative estimate of drug-likeness (QED) is 0.889. The maximum Gasteiger partial charge on any atom is 0.0798 e. The molecule has 0 saturated carbocycles. The second-order valence-corrected chi connectivity index (χ2v) is 5.78. The van der Waals surface area contributed by atoms with Gasteiger partial charge in [-0.3, -0.25) is 0 Å². The number of benzene rings is 1. The van der Waals surface area contributed by atoms with Crippen LogP contribution in [0.2, 0.25) is 0 Å². The Morgan fingerprint density at radius 2 is 2.12 bits per heavy atom. The highest BCUT2D eigenvalue weighted by Gasteiger charge is 2.12. The number of rotatable bonds is 3. The molecule has 0 fully saturated rings. The van der Waals surface area contributed by atoms with Crippen LogP contribution >= 0.6 is 27.3 Å². The largest absolute Gasteiger partial charge is 0.377 e. The number of nitrogens with one attached hydrogen (secondary N) is 1. The van der Waals surface area contributed by atoms with E-state index in [0.29, 0.717) is 0 Å². The molecule has 2 rings (SSSR count). The first-order chi connectivity index (χ1) is 8.09. The number of aryl methyl sites for hydroxylation is 2. The topological polar surface area (TPSA) is 24.9 Å². The van der Waals surface area contributed by atoms with E-state index in [1.165, 1.54) is 10.4 Å². The zero-order chi connectivity index (χ0) is 12.4. The molecule has 0 spiro atoms. The van der Waals surface area contributed by atoms with Gasteiger partial charge in [0.05, 0.1) is 17.2 Å². The summed E-state index contributed by atoms with van der Waals surface area (Å²) in [5, 5.41) is 3.52. The average molecular weight is 311 g/mol. The molecule has 0 saturated heterocycles. The minimum Gasteiger partial charge on any atom is -0.377 e. The van der Waals surface area contributed by atoms with Crippen molar-refractivity contribution in [2.24, 2.45) is 0 Å². The fourth-order valence-electron chi connectivity index (χ4n) is 1.78. The predicted molar refractivity (Wildman–Crippen MR) is 77.8 cm³/mol. The first-order valence-corrected chi connectivity index (χ1v) is 7.18. The van der Waals surface area contributed by atoms with Crippen LogP contribution in [0.5, 0.6) is 0 Å². The van der Waals surface area contributed by atoms with Crippen molar-refractivity contribution in [3.63, 3.8) is 0 Å². The van der Waals surface area contributed by atoms with Crippen LogP contribution in [0.3, 0.4) is 0 Å². The summed E-state index contributed by atoms with van der Waals surface area (Å²) in [6, 6.07) is 6.52. The van der Waals surface area contributed by atoms with Gasteiger partial charge in [0.15, 0.2) is 0 Å². The van der Waals surface area contributed by atoms with E-state index in [0.717, 1.165) is 15.9 Å². The smallest absolute Gasteiger partial charge is 0.0798 e. The first kappa shape index (κ1) is 12.6. The fourth-order valence-corrected chi connectivity index (χ4v) is 2.97. The number of anilines is 1. The van der Waals surface area contributed by atoms with Gasteiger partial charge < -0.3 is 5.32 Å². The van der Waals surface area contributed by atoms with Gasteiger partial charge in [0.25, 0.3) is 0 Å². The van der Waals surface area contributed by atoms with Crippen LogP contribution in [0.15, 0.2) is 28.2 Å². The molecule has 90 valence electrons. The Labute approximate surface area is 114 Å². The molecular weight excluding hydrogens is 296 g/mol. The minimum absolute atomic E-state index is 0.278. The Hall–Kier alpha value is -0.870. The summed E-state index contributed by atoms with van der Waals surface area (Å²) in [7, 11) is 0. The lowest BCUT2D eigenvalue weighted by Crippen LogP contribution is -2.07. The number of thiazole rings is 1. The van der Waals surface area contributed by atoms with Gasteiger partial charge in [-0.2, -0.15) is 0 Å². The van der Waals surface area contributed by atoms with Crippen LogP contribution in [0.1, 0.15) is 29.1 Å². The lowest BCUT2D eigenvalue weighted by Gasteiger charge is -2.16. The summed E-state index contributed by atoms with van der Waals surface area (Å²) in [6.45, 7) is 6.31. The van der Waals surface area contributed by atoms with Crippen LogP contribution in [-0.2, 0) is 0 Å². The summed E-state index contributed by atoms with van der Waals surface area (Å²) in [6.07, 6.45) is 0. The molecule has 1 N–H and O–H groups in total. The molecule has 0 bridgehead atoms. The molecule has 1 aromatic heterocycles. The molecule has 1 unspecified atom stereocenters. The van der Waals surface area contributed by atoms with Crippen molar-refractivity contribution in [1.82, 2.24) is 4.98 Å². The summed E-state index contributed by atoms with van der Waals surface area (Å²) in [4.78, 5) is 5.58. The van der Waals surface area contributed by atoms with Gasteiger partial charge in [-0.05, 0) is 48.3 Å². The molecule has 2 nitrogen and oxygen atoms in total. The maximum atomic E-state index is 4.29. The maximum absolute atomic E-state index is 4.29. The molecule has 0 aliphatic carbocycles. The highest BCUT2D eigenvalue weighted by atomic mass is 79.9. The molecular formula is C13H15BrN2S. The highest BCUT2D eigenvalue weighted by Crippen LogP contribution is 2.31. The number of hydrogen-bond acceptors (Lipinski definition) is 3. The van der Waals surface area contributed by atoms with Gasteiger partial charge >= 0.3 is 0 Å². The van der Waals surface area contributed by atoms with Gasteiger partial charge in [-0.15, -0.1) is 11.3 Å². The lowest BCUT2D eigenvalue weighted by atomic mass is 10.2. The monoisotopic (exact) mass is 310 g/mol. The van der Waals surface area contributed by atoms with E-state index in [-0.39, 0.29) is 6.04 Å². The Kier molecular flexibility index (Phi) is 3.84. The zero-order valence-corrected chi connectivity index (χ0v) is 12.5. The second kappa shape index (κ2) is 5.19. The van der Waals surface area contributed by atoms with Gasteiger partial charge in [-0.1, -0.05) is 12.1 Å². The van der Waals surface area contributed by atoms with Crippen LogP contribution in [0.4, 0.5) is 5.69 Å². The van der Waals surface area contributed by atoms with E-state index >= 15 is 0 Å². The molecule has 17 heavy (non-hydrogen) atoms. The van der Waals surface area contributed by atoms with Gasteiger partial charge in [0, 0.05) is 15.0 Å². The van der Waals surface area contributed by atoms with E-state index in [1.807, 2.05) is 5.51 Å². The molecule has 4 heteroatoms. The zero-order valence-electron chi connectivity index (χ0n) is 10.1. The van der Waals surface area contributed by atoms with Crippen molar-refractivity contribution >= 4 is 33.0 Å². The van der Waals surface area contributed by atoms with E-state index < -0.39 is 0 Å². The lowest BCUT2D eigenvalue weighted by molar-refractivity contribution is 0.889. The van der Waals surface area contributed by atoms with Crippen molar-refractivity contribution in [2.45, 2.75) is 26.8 Å². The van der Waals surface area contributed by atoms with E-state index in [4.69, 9.17) is 0 Å². The van der Waals surface area contributed by atoms with Crippen molar-refractivity contribution < 1.29 is 0 Å². The second-order valence-electron chi connectivity index (χ2n) is 4.10. The number of halogens is 1. The fraction of sp³-hybridized carbons (Fsp3) is 0.308. The SMILES string of the molecule is Cc1cccc(NC(C)c2scnc2C)c1Br. The van der Waals surface area contributed by atoms with Crippen LogP contribution in [0, 0.1) is 13.8 Å². The van der Waals surface area contributed by atoms with Crippen molar-refractivity contribution in [2.75, 3.05) is 5.32 Å². The molecule has 0 aliphatic rings. The van der Waals surface area contributed by atoms with Crippen LogP contribution in [0.25, 0.3) is 0 Å². The van der Waals surface area contributed by atoms with Gasteiger partial charge in [-0.25, -0.2) is 4.98 Å². The summed E-state index contributed by atoms with van der Waals surface area (Å²) < 4.78 is 1.13. The molecule has 1 heterocycles. The third-order valence-electron chi connectivity index (χ3n) is 2.74. The Bertz CT molecular complexity index is 522. The standard InChI is InChI=1S/C13H15BrN2S/c1-8-5-4-6-11(12(8)14)16-10(3)13-9(2)15-7-17-13/h4-7,10,16H,1-3H3. The number of hydrogen-bond donors (Lipinski definition) is 1. The number of nitrogens with zero attached hydrogens (tertiary/aromatic N) is 1. The predicted octanol–water partition coefficient (Wildman–Crippen LogP) is 4.70. The molecule has 1 atom stereocenters. The third-order valence-corrected chi connectivity index (χ3v) is 4.91. The molecule has 2 aromatic rings. The van der Waals surface area contributed by atoms with Crippen molar-refractivity contribution in [1.29, 1.82) is 0 Å². The Morgan fingerprint density at radius 1 is 1.35 bits per heavy atom. The van der Waals surface area contributed by atoms with Crippen molar-refractivity contribution in [3.8, 4) is 0 Å². The highest BCUT2D eigenvalue weighted by molar-refractivity contribution is 9.10. The summed E-state index contributed by atoms with van der Waals surface area (Å²) >= 11 is 5.31. The van der Waals surface area contributed by atoms with Gasteiger partial charge in [0.2, 0.25) is 0 Å². The normalized spacial score (nSPS) is 12.5. The van der Waals surface area contributed by atoms with E-state index in [9.17, 15) is 0 Å². The molecule has 0 radical (unpaired) electrons. The minimum atomic E-state index is 0.278. The van der Waals surface area contributed by atoms with Crippen LogP contribution in [-0.4, -0.2) is 4.98 Å². The molecule has 0 aliphatic heterocycles. The van der Waals surface area contributed by atoms with E-state index in [1.54, 1.807) is 11.3 Å². The average Bonchev–Trinajstić information content (AvgIpc) is 2.71. The Morgan fingerprint density at radius 3 is 2.76 bits per heavy atom. The number of aromatic nitrogens is 1. The summed E-state index contributed by atoms with van der Waals surface area (Å²) in [5.41, 5.74) is 5.38. The van der Waals surface area contributed by atoms with E-state index in [2.05, 4.69) is 65.2 Å². The van der Waals surface area contributed by atoms with Gasteiger partial charge in [0.1, 0.15) is 0 Å². The first-order valence-electron chi connectivity index (χ1n) is 5.51. The summed E-state index contributed by atoms with van der Waals surface area (Å²) in [5.74, 6) is 0. The van der Waals surface area contributed by atoms with Crippen molar-refractivity contribution in [3.05, 3.63) is 44.3 Å².